The molecule has 0 radical (unpaired) electrons. The van der Waals surface area contributed by atoms with Crippen molar-refractivity contribution in [3.63, 3.8) is 0 Å². The highest BCUT2D eigenvalue weighted by Gasteiger charge is 2.15. The zero-order chi connectivity index (χ0) is 16.9. The lowest BCUT2D eigenvalue weighted by atomic mass is 10.1. The molecule has 1 heterocycles. The summed E-state index contributed by atoms with van der Waals surface area (Å²) in [6, 6.07) is 16.4. The smallest absolute Gasteiger partial charge is 0.251 e. The first-order valence-corrected chi connectivity index (χ1v) is 8.47. The fourth-order valence-electron chi connectivity index (χ4n) is 3.22. The second-order valence-electron chi connectivity index (χ2n) is 6.64. The highest BCUT2D eigenvalue weighted by atomic mass is 16.1. The Hall–Kier alpha value is -2.17. The molecule has 0 bridgehead atoms. The van der Waals surface area contributed by atoms with Gasteiger partial charge in [-0.05, 0) is 42.8 Å². The first kappa shape index (κ1) is 16.7. The van der Waals surface area contributed by atoms with Gasteiger partial charge in [-0.15, -0.1) is 0 Å². The van der Waals surface area contributed by atoms with E-state index in [0.29, 0.717) is 0 Å². The Kier molecular flexibility index (Phi) is 5.28. The number of likely N-dealkylation sites (N-methyl/N-ethyl adjacent to an activating group) is 1. The summed E-state index contributed by atoms with van der Waals surface area (Å²) in [5, 5.41) is 6.41. The summed E-state index contributed by atoms with van der Waals surface area (Å²) >= 11 is 0. The fourth-order valence-corrected chi connectivity index (χ4v) is 3.22. The van der Waals surface area contributed by atoms with Crippen LogP contribution in [0.2, 0.25) is 0 Å². The number of amides is 1. The van der Waals surface area contributed by atoms with Crippen LogP contribution in [-0.4, -0.2) is 30.4 Å². The number of benzene rings is 2. The number of carbonyl (C=O) groups is 1. The SMILES string of the molecule is CC(CN(C)Cc1ccccc1)NC(=O)c1ccc2c(c1)CNC2. The van der Waals surface area contributed by atoms with E-state index in [1.807, 2.05) is 25.1 Å². The van der Waals surface area contributed by atoms with Crippen molar-refractivity contribution >= 4 is 5.91 Å². The molecule has 126 valence electrons. The second-order valence-corrected chi connectivity index (χ2v) is 6.64. The number of hydrogen-bond acceptors (Lipinski definition) is 3. The maximum absolute atomic E-state index is 12.4. The average molecular weight is 323 g/mol. The largest absolute Gasteiger partial charge is 0.348 e. The quantitative estimate of drug-likeness (QED) is 0.859. The van der Waals surface area contributed by atoms with Crippen LogP contribution in [0.3, 0.4) is 0 Å². The van der Waals surface area contributed by atoms with E-state index in [4.69, 9.17) is 0 Å². The van der Waals surface area contributed by atoms with Crippen molar-refractivity contribution in [3.8, 4) is 0 Å². The van der Waals surface area contributed by atoms with Crippen molar-refractivity contribution in [2.45, 2.75) is 32.6 Å². The predicted molar refractivity (Wildman–Crippen MR) is 96.7 cm³/mol. The Balaban J connectivity index is 1.52. The molecule has 0 aromatic heterocycles. The molecule has 2 N–H and O–H groups in total. The number of carbonyl (C=O) groups excluding carboxylic acids is 1. The molecule has 24 heavy (non-hydrogen) atoms. The normalized spacial score (nSPS) is 14.5. The highest BCUT2D eigenvalue weighted by Crippen LogP contribution is 2.17. The van der Waals surface area contributed by atoms with Crippen molar-refractivity contribution in [2.75, 3.05) is 13.6 Å². The lowest BCUT2D eigenvalue weighted by Crippen LogP contribution is -2.40. The molecule has 3 rings (SSSR count). The van der Waals surface area contributed by atoms with Crippen LogP contribution >= 0.6 is 0 Å². The number of rotatable bonds is 6. The summed E-state index contributed by atoms with van der Waals surface area (Å²) in [7, 11) is 2.08. The summed E-state index contributed by atoms with van der Waals surface area (Å²) < 4.78 is 0. The lowest BCUT2D eigenvalue weighted by Gasteiger charge is -2.22. The molecule has 1 aliphatic rings. The van der Waals surface area contributed by atoms with Gasteiger partial charge in [0.05, 0.1) is 0 Å². The van der Waals surface area contributed by atoms with Crippen molar-refractivity contribution < 1.29 is 4.79 Å². The highest BCUT2D eigenvalue weighted by molar-refractivity contribution is 5.94. The van der Waals surface area contributed by atoms with E-state index in [1.54, 1.807) is 0 Å². The Morgan fingerprint density at radius 2 is 1.92 bits per heavy atom. The van der Waals surface area contributed by atoms with Gasteiger partial charge >= 0.3 is 0 Å². The van der Waals surface area contributed by atoms with Gasteiger partial charge in [-0.2, -0.15) is 0 Å². The maximum atomic E-state index is 12.4. The monoisotopic (exact) mass is 323 g/mol. The molecule has 0 aliphatic carbocycles. The van der Waals surface area contributed by atoms with Gasteiger partial charge < -0.3 is 15.5 Å². The van der Waals surface area contributed by atoms with Gasteiger partial charge in [0.2, 0.25) is 0 Å². The first-order chi connectivity index (χ1) is 11.6. The molecule has 1 aliphatic heterocycles. The van der Waals surface area contributed by atoms with Crippen molar-refractivity contribution in [3.05, 3.63) is 70.8 Å². The standard InChI is InChI=1S/C20H25N3O/c1-15(13-23(2)14-16-6-4-3-5-7-16)22-20(24)17-8-9-18-11-21-12-19(18)10-17/h3-10,15,21H,11-14H2,1-2H3,(H,22,24). The van der Waals surface area contributed by atoms with Gasteiger partial charge in [0, 0.05) is 37.8 Å². The summed E-state index contributed by atoms with van der Waals surface area (Å²) in [5.74, 6) is 0.00492. The van der Waals surface area contributed by atoms with E-state index in [1.165, 1.54) is 16.7 Å². The number of nitrogens with one attached hydrogen (secondary N) is 2. The number of fused-ring (bicyclic) bond motifs is 1. The van der Waals surface area contributed by atoms with Gasteiger partial charge in [0.15, 0.2) is 0 Å². The van der Waals surface area contributed by atoms with Crippen molar-refractivity contribution in [2.24, 2.45) is 0 Å². The van der Waals surface area contributed by atoms with Crippen molar-refractivity contribution in [1.82, 2.24) is 15.5 Å². The molecule has 1 atom stereocenters. The minimum atomic E-state index is 0.00492. The fraction of sp³-hybridized carbons (Fsp3) is 0.350. The van der Waals surface area contributed by atoms with Gasteiger partial charge in [0.25, 0.3) is 5.91 Å². The predicted octanol–water partition coefficient (Wildman–Crippen LogP) is 2.54. The Bertz CT molecular complexity index is 699. The van der Waals surface area contributed by atoms with Crippen LogP contribution in [0.25, 0.3) is 0 Å². The van der Waals surface area contributed by atoms with Gasteiger partial charge in [-0.3, -0.25) is 4.79 Å². The van der Waals surface area contributed by atoms with E-state index in [-0.39, 0.29) is 11.9 Å². The topological polar surface area (TPSA) is 44.4 Å². The van der Waals surface area contributed by atoms with Crippen LogP contribution in [0, 0.1) is 0 Å². The lowest BCUT2D eigenvalue weighted by molar-refractivity contribution is 0.0931. The molecule has 1 amide bonds. The molecule has 0 saturated heterocycles. The third kappa shape index (κ3) is 4.22. The first-order valence-electron chi connectivity index (χ1n) is 8.47. The van der Waals surface area contributed by atoms with E-state index in [2.05, 4.69) is 52.9 Å². The summed E-state index contributed by atoms with van der Waals surface area (Å²) in [5.41, 5.74) is 4.55. The molecule has 0 saturated carbocycles. The maximum Gasteiger partial charge on any atom is 0.251 e. The summed E-state index contributed by atoms with van der Waals surface area (Å²) in [4.78, 5) is 14.7. The summed E-state index contributed by atoms with van der Waals surface area (Å²) in [6.45, 7) is 5.50. The van der Waals surface area contributed by atoms with Crippen LogP contribution < -0.4 is 10.6 Å². The van der Waals surface area contributed by atoms with Crippen LogP contribution in [-0.2, 0) is 19.6 Å². The van der Waals surface area contributed by atoms with E-state index in [0.717, 1.165) is 31.7 Å². The van der Waals surface area contributed by atoms with Gasteiger partial charge in [0.1, 0.15) is 0 Å². The summed E-state index contributed by atoms with van der Waals surface area (Å²) in [6.07, 6.45) is 0. The minimum absolute atomic E-state index is 0.00492. The zero-order valence-electron chi connectivity index (χ0n) is 14.4. The zero-order valence-corrected chi connectivity index (χ0v) is 14.4. The molecular formula is C20H25N3O. The van der Waals surface area contributed by atoms with Gasteiger partial charge in [-0.1, -0.05) is 36.4 Å². The third-order valence-corrected chi connectivity index (χ3v) is 4.36. The van der Waals surface area contributed by atoms with Crippen LogP contribution in [0.15, 0.2) is 48.5 Å². The third-order valence-electron chi connectivity index (χ3n) is 4.36. The molecule has 2 aromatic rings. The Morgan fingerprint density at radius 1 is 1.17 bits per heavy atom. The molecule has 2 aromatic carbocycles. The van der Waals surface area contributed by atoms with Gasteiger partial charge in [-0.25, -0.2) is 0 Å². The van der Waals surface area contributed by atoms with Crippen LogP contribution in [0.4, 0.5) is 0 Å². The average Bonchev–Trinajstić information content (AvgIpc) is 3.02. The Labute approximate surface area is 143 Å². The van der Waals surface area contributed by atoms with E-state index >= 15 is 0 Å². The van der Waals surface area contributed by atoms with Crippen LogP contribution in [0.5, 0.6) is 0 Å². The molecule has 0 spiro atoms. The number of hydrogen-bond donors (Lipinski definition) is 2. The molecule has 0 fully saturated rings. The molecule has 1 unspecified atom stereocenters. The van der Waals surface area contributed by atoms with Crippen LogP contribution in [0.1, 0.15) is 34.0 Å². The minimum Gasteiger partial charge on any atom is -0.348 e. The van der Waals surface area contributed by atoms with Crippen molar-refractivity contribution in [1.29, 1.82) is 0 Å². The van der Waals surface area contributed by atoms with E-state index in [9.17, 15) is 4.79 Å². The second kappa shape index (κ2) is 7.60. The molecular weight excluding hydrogens is 298 g/mol. The van der Waals surface area contributed by atoms with E-state index < -0.39 is 0 Å². The number of nitrogens with zero attached hydrogens (tertiary/aromatic N) is 1. The Morgan fingerprint density at radius 3 is 2.71 bits per heavy atom. The molecule has 4 nitrogen and oxygen atoms in total. The molecule has 4 heteroatoms.